The molecule has 4 aliphatic rings. The van der Waals surface area contributed by atoms with Crippen molar-refractivity contribution in [3.63, 3.8) is 0 Å². The third-order valence-electron chi connectivity index (χ3n) is 15.0. The molecule has 8 heteroatoms. The zero-order valence-electron chi connectivity index (χ0n) is 39.2. The second-order valence-corrected chi connectivity index (χ2v) is 21.4. The fraction of sp³-hybridized carbons (Fsp3) is 0.194. The van der Waals surface area contributed by atoms with Crippen LogP contribution < -0.4 is 9.80 Å². The molecule has 0 aromatic heterocycles. The first-order valence-electron chi connectivity index (χ1n) is 24.6. The topological polar surface area (TPSA) is 74.8 Å². The molecule has 344 valence electrons. The maximum atomic E-state index is 15.4. The van der Waals surface area contributed by atoms with Crippen LogP contribution in [-0.2, 0) is 0 Å². The van der Waals surface area contributed by atoms with Crippen molar-refractivity contribution < 1.29 is 19.2 Å². The number of amides is 4. The second kappa shape index (κ2) is 18.1. The Balaban J connectivity index is 1.03. The van der Waals surface area contributed by atoms with Crippen molar-refractivity contribution in [2.24, 2.45) is 0 Å². The predicted molar refractivity (Wildman–Crippen MR) is 283 cm³/mol. The lowest BCUT2D eigenvalue weighted by atomic mass is 9.87. The largest absolute Gasteiger partial charge is 0.268 e. The molecule has 8 aromatic rings. The molecule has 8 aromatic carbocycles. The van der Waals surface area contributed by atoms with Crippen LogP contribution in [0.15, 0.2) is 177 Å². The second-order valence-electron chi connectivity index (χ2n) is 19.1. The molecule has 12 rings (SSSR count). The fourth-order valence-corrected chi connectivity index (χ4v) is 13.7. The van der Waals surface area contributed by atoms with Gasteiger partial charge in [-0.15, -0.1) is 0 Å². The van der Waals surface area contributed by atoms with Crippen LogP contribution in [0, 0.1) is 13.8 Å². The van der Waals surface area contributed by atoms with E-state index in [0.717, 1.165) is 115 Å². The summed E-state index contributed by atoms with van der Waals surface area (Å²) in [4.78, 5) is 67.5. The Morgan fingerprint density at radius 2 is 0.729 bits per heavy atom. The molecule has 2 fully saturated rings. The van der Waals surface area contributed by atoms with Crippen molar-refractivity contribution in [3.05, 3.63) is 202 Å². The van der Waals surface area contributed by atoms with E-state index in [1.54, 1.807) is 0 Å². The molecule has 0 saturated heterocycles. The van der Waals surface area contributed by atoms with E-state index >= 15 is 19.2 Å². The van der Waals surface area contributed by atoms with Gasteiger partial charge in [-0.1, -0.05) is 171 Å². The van der Waals surface area contributed by atoms with Crippen molar-refractivity contribution in [1.82, 2.24) is 0 Å². The number of hydrogen-bond donors (Lipinski definition) is 0. The number of benzene rings is 8. The monoisotopic (exact) mass is 950 g/mol. The summed E-state index contributed by atoms with van der Waals surface area (Å²) in [5.74, 6) is -0.711. The average molecular weight is 951 g/mol. The zero-order chi connectivity index (χ0) is 47.6. The van der Waals surface area contributed by atoms with Crippen LogP contribution in [0.2, 0.25) is 0 Å². The first-order valence-corrected chi connectivity index (χ1v) is 26.2. The van der Waals surface area contributed by atoms with Gasteiger partial charge in [-0.2, -0.15) is 0 Å². The van der Waals surface area contributed by atoms with Crippen LogP contribution >= 0.6 is 23.5 Å². The Morgan fingerprint density at radius 1 is 0.371 bits per heavy atom. The number of rotatable bonds is 10. The number of hydrogen-bond acceptors (Lipinski definition) is 6. The highest BCUT2D eigenvalue weighted by Crippen LogP contribution is 2.50. The predicted octanol–water partition coefficient (Wildman–Crippen LogP) is 16.0. The minimum atomic E-state index is -0.325. The van der Waals surface area contributed by atoms with Gasteiger partial charge in [-0.3, -0.25) is 19.2 Å². The van der Waals surface area contributed by atoms with Gasteiger partial charge in [0.2, 0.25) is 0 Å². The molecule has 0 N–H and O–H groups in total. The molecule has 6 nitrogen and oxygen atoms in total. The molecule has 0 spiro atoms. The highest BCUT2D eigenvalue weighted by atomic mass is 32.2. The third-order valence-corrected chi connectivity index (χ3v) is 17.2. The van der Waals surface area contributed by atoms with Crippen LogP contribution in [0.4, 0.5) is 11.4 Å². The molecule has 0 radical (unpaired) electrons. The lowest BCUT2D eigenvalue weighted by molar-refractivity contribution is 0.0909. The molecular weight excluding hydrogens is 901 g/mol. The highest BCUT2D eigenvalue weighted by molar-refractivity contribution is 7.99. The summed E-state index contributed by atoms with van der Waals surface area (Å²) in [6.07, 6.45) is 8.62. The number of carbonyl (C=O) groups is 4. The van der Waals surface area contributed by atoms with E-state index in [9.17, 15) is 0 Å². The van der Waals surface area contributed by atoms with Crippen molar-refractivity contribution in [2.45, 2.75) is 96.6 Å². The molecule has 70 heavy (non-hydrogen) atoms. The molecular formula is C62H50N2O4S2. The number of imide groups is 2. The smallest absolute Gasteiger partial charge is 0.267 e. The van der Waals surface area contributed by atoms with Crippen LogP contribution in [0.5, 0.6) is 0 Å². The Labute approximate surface area is 417 Å². The van der Waals surface area contributed by atoms with E-state index < -0.39 is 0 Å². The summed E-state index contributed by atoms with van der Waals surface area (Å²) in [5, 5.41) is 1.72. The molecule has 0 atom stereocenters. The Hall–Kier alpha value is -7.00. The number of anilines is 2. The summed E-state index contributed by atoms with van der Waals surface area (Å²) < 4.78 is 0. The lowest BCUT2D eigenvalue weighted by Gasteiger charge is -2.24. The number of nitrogens with zero attached hydrogens (tertiary/aromatic N) is 2. The Morgan fingerprint density at radius 3 is 1.13 bits per heavy atom. The van der Waals surface area contributed by atoms with E-state index in [1.807, 2.05) is 159 Å². The van der Waals surface area contributed by atoms with Gasteiger partial charge in [-0.25, -0.2) is 9.80 Å². The van der Waals surface area contributed by atoms with Crippen molar-refractivity contribution in [2.75, 3.05) is 9.80 Å². The van der Waals surface area contributed by atoms with Gasteiger partial charge >= 0.3 is 0 Å². The molecule has 2 aliphatic heterocycles. The zero-order valence-corrected chi connectivity index (χ0v) is 40.8. The average Bonchev–Trinajstić information content (AvgIpc) is 4.21. The molecule has 0 unspecified atom stereocenters. The van der Waals surface area contributed by atoms with Gasteiger partial charge in [0, 0.05) is 19.6 Å². The van der Waals surface area contributed by atoms with Gasteiger partial charge in [0.25, 0.3) is 23.6 Å². The first-order chi connectivity index (χ1) is 34.3. The Bertz CT molecular complexity index is 3240. The van der Waals surface area contributed by atoms with Crippen LogP contribution in [0.25, 0.3) is 33.0 Å². The van der Waals surface area contributed by atoms with Gasteiger partial charge < -0.3 is 0 Å². The Kier molecular flexibility index (Phi) is 11.4. The van der Waals surface area contributed by atoms with Crippen molar-refractivity contribution >= 4 is 69.3 Å². The van der Waals surface area contributed by atoms with E-state index in [0.29, 0.717) is 44.8 Å². The standard InChI is InChI=1S/C62H50N2O4S2/c1-37-17-15-29-43(39-19-9-10-20-39)57(37)63-59(65)53-49(33-35-51(55(53)61(63)67)69-41-23-5-3-6-24-41)47-31-32-48(46-28-14-13-27-45(46)47)50-34-36-52(70-42-25-7-4-8-26-42)56-54(50)60(66)64(62(56)68)58-38(2)18-16-30-44(58)40-21-11-12-22-40/h3-8,13-18,23-36,39-40H,9-12,19-22H2,1-2H3. The highest BCUT2D eigenvalue weighted by Gasteiger charge is 2.45. The fourth-order valence-electron chi connectivity index (χ4n) is 11.8. The summed E-state index contributed by atoms with van der Waals surface area (Å²) >= 11 is 2.98. The quantitative estimate of drug-likeness (QED) is 0.127. The molecule has 2 heterocycles. The summed E-state index contributed by atoms with van der Waals surface area (Å²) in [5.41, 5.74) is 9.87. The molecule has 2 saturated carbocycles. The maximum absolute atomic E-state index is 15.4. The summed E-state index contributed by atoms with van der Waals surface area (Å²) in [6, 6.07) is 52.3. The normalized spacial score (nSPS) is 16.0. The van der Waals surface area contributed by atoms with E-state index in [-0.39, 0.29) is 35.5 Å². The van der Waals surface area contributed by atoms with E-state index in [1.165, 1.54) is 33.3 Å². The van der Waals surface area contributed by atoms with Crippen molar-refractivity contribution in [1.29, 1.82) is 0 Å². The van der Waals surface area contributed by atoms with Gasteiger partial charge in [0.05, 0.1) is 33.6 Å². The summed E-state index contributed by atoms with van der Waals surface area (Å²) in [6.45, 7) is 4.00. The maximum Gasteiger partial charge on any atom is 0.267 e. The number of aryl methyl sites for hydroxylation is 2. The molecule has 2 aliphatic carbocycles. The van der Waals surface area contributed by atoms with Crippen LogP contribution in [-0.4, -0.2) is 23.6 Å². The SMILES string of the molecule is Cc1cccc(C2CCCC2)c1N1C(=O)c2c(Sc3ccccc3)ccc(-c3ccc(-c4ccc(Sc5ccccc5)c5c4C(=O)N(c4c(C)cccc4C4CCCC4)C5=O)c4ccccc34)c2C1=O. The molecule has 4 amide bonds. The minimum absolute atomic E-state index is 0.279. The van der Waals surface area contributed by atoms with Crippen LogP contribution in [0.1, 0.15) is 127 Å². The van der Waals surface area contributed by atoms with Gasteiger partial charge in [0.1, 0.15) is 0 Å². The van der Waals surface area contributed by atoms with E-state index in [4.69, 9.17) is 0 Å². The summed E-state index contributed by atoms with van der Waals surface area (Å²) in [7, 11) is 0. The lowest BCUT2D eigenvalue weighted by Crippen LogP contribution is -2.31. The number of fused-ring (bicyclic) bond motifs is 3. The van der Waals surface area contributed by atoms with Crippen molar-refractivity contribution in [3.8, 4) is 22.3 Å². The first kappa shape index (κ1) is 44.2. The third kappa shape index (κ3) is 7.34. The van der Waals surface area contributed by atoms with Gasteiger partial charge in [0.15, 0.2) is 0 Å². The van der Waals surface area contributed by atoms with E-state index in [2.05, 4.69) is 12.1 Å². The number of para-hydroxylation sites is 2. The number of carbonyl (C=O) groups excluding carboxylic acids is 4. The molecule has 0 bridgehead atoms. The van der Waals surface area contributed by atoms with Crippen LogP contribution in [0.3, 0.4) is 0 Å². The van der Waals surface area contributed by atoms with Gasteiger partial charge in [-0.05, 0) is 143 Å². The minimum Gasteiger partial charge on any atom is -0.268 e.